The molecular formula is C11H23N3OS. The van der Waals surface area contributed by atoms with Crippen LogP contribution in [0, 0.1) is 5.92 Å². The molecule has 1 amide bonds. The number of amides is 1. The van der Waals surface area contributed by atoms with Crippen LogP contribution in [0.15, 0.2) is 0 Å². The van der Waals surface area contributed by atoms with Gasteiger partial charge in [-0.05, 0) is 20.0 Å². The standard InChI is InChI=1S/C11H23N3OS/c1-9(11(12)16)8-14(4)7-5-6-10(15)13(2)3/h9H,5-8H2,1-4H3,(H2,12,16). The molecule has 0 aromatic heterocycles. The monoisotopic (exact) mass is 245 g/mol. The zero-order valence-electron chi connectivity index (χ0n) is 10.7. The minimum Gasteiger partial charge on any atom is -0.393 e. The van der Waals surface area contributed by atoms with Gasteiger partial charge in [-0.2, -0.15) is 0 Å². The van der Waals surface area contributed by atoms with Crippen LogP contribution in [0.1, 0.15) is 19.8 Å². The van der Waals surface area contributed by atoms with E-state index in [4.69, 9.17) is 18.0 Å². The van der Waals surface area contributed by atoms with Gasteiger partial charge in [0.25, 0.3) is 0 Å². The lowest BCUT2D eigenvalue weighted by Gasteiger charge is -2.20. The number of rotatable bonds is 7. The molecule has 0 heterocycles. The maximum absolute atomic E-state index is 11.3. The van der Waals surface area contributed by atoms with Gasteiger partial charge in [-0.1, -0.05) is 19.1 Å². The van der Waals surface area contributed by atoms with E-state index < -0.39 is 0 Å². The van der Waals surface area contributed by atoms with Gasteiger partial charge in [0.2, 0.25) is 5.91 Å². The van der Waals surface area contributed by atoms with Crippen molar-refractivity contribution in [1.82, 2.24) is 9.80 Å². The number of thiocarbonyl (C=S) groups is 1. The Kier molecular flexibility index (Phi) is 7.25. The average molecular weight is 245 g/mol. The molecule has 16 heavy (non-hydrogen) atoms. The molecule has 1 unspecified atom stereocenters. The zero-order chi connectivity index (χ0) is 12.7. The molecule has 0 aromatic carbocycles. The van der Waals surface area contributed by atoms with Crippen molar-refractivity contribution >= 4 is 23.1 Å². The van der Waals surface area contributed by atoms with E-state index >= 15 is 0 Å². The normalized spacial score (nSPS) is 12.6. The lowest BCUT2D eigenvalue weighted by molar-refractivity contribution is -0.128. The zero-order valence-corrected chi connectivity index (χ0v) is 11.5. The Morgan fingerprint density at radius 2 is 1.94 bits per heavy atom. The van der Waals surface area contributed by atoms with Crippen LogP contribution >= 0.6 is 12.2 Å². The number of hydrogen-bond acceptors (Lipinski definition) is 3. The molecule has 2 N–H and O–H groups in total. The largest absolute Gasteiger partial charge is 0.393 e. The Balaban J connectivity index is 3.70. The molecule has 0 bridgehead atoms. The summed E-state index contributed by atoms with van der Waals surface area (Å²) in [7, 11) is 5.58. The van der Waals surface area contributed by atoms with E-state index in [-0.39, 0.29) is 11.8 Å². The molecule has 0 spiro atoms. The smallest absolute Gasteiger partial charge is 0.222 e. The van der Waals surface area contributed by atoms with Gasteiger partial charge in [-0.25, -0.2) is 0 Å². The number of carbonyl (C=O) groups excluding carboxylic acids is 1. The van der Waals surface area contributed by atoms with Gasteiger partial charge in [0.1, 0.15) is 0 Å². The van der Waals surface area contributed by atoms with E-state index in [1.807, 2.05) is 14.0 Å². The van der Waals surface area contributed by atoms with Crippen LogP contribution in [-0.4, -0.2) is 54.9 Å². The van der Waals surface area contributed by atoms with Crippen molar-refractivity contribution in [3.63, 3.8) is 0 Å². The number of nitrogens with zero attached hydrogens (tertiary/aromatic N) is 2. The fraction of sp³-hybridized carbons (Fsp3) is 0.818. The second-order valence-electron chi connectivity index (χ2n) is 4.46. The maximum Gasteiger partial charge on any atom is 0.222 e. The summed E-state index contributed by atoms with van der Waals surface area (Å²) in [5, 5.41) is 0. The van der Waals surface area contributed by atoms with Gasteiger partial charge < -0.3 is 15.5 Å². The molecule has 0 radical (unpaired) electrons. The molecule has 0 fully saturated rings. The Bertz CT molecular complexity index is 243. The predicted molar refractivity (Wildman–Crippen MR) is 71.4 cm³/mol. The molecule has 0 saturated heterocycles. The fourth-order valence-corrected chi connectivity index (χ4v) is 1.45. The third-order valence-corrected chi connectivity index (χ3v) is 2.90. The topological polar surface area (TPSA) is 49.6 Å². The summed E-state index contributed by atoms with van der Waals surface area (Å²) >= 11 is 4.92. The summed E-state index contributed by atoms with van der Waals surface area (Å²) < 4.78 is 0. The van der Waals surface area contributed by atoms with Crippen LogP contribution in [0.3, 0.4) is 0 Å². The minimum atomic E-state index is 0.177. The lowest BCUT2D eigenvalue weighted by atomic mass is 10.1. The molecule has 0 aliphatic heterocycles. The van der Waals surface area contributed by atoms with E-state index in [1.165, 1.54) is 0 Å². The van der Waals surface area contributed by atoms with Crippen LogP contribution in [0.2, 0.25) is 0 Å². The first kappa shape index (κ1) is 15.3. The minimum absolute atomic E-state index is 0.177. The molecule has 94 valence electrons. The highest BCUT2D eigenvalue weighted by Gasteiger charge is 2.09. The fourth-order valence-electron chi connectivity index (χ4n) is 1.37. The van der Waals surface area contributed by atoms with Crippen molar-refractivity contribution in [2.24, 2.45) is 11.7 Å². The molecule has 1 atom stereocenters. The van der Waals surface area contributed by atoms with Crippen LogP contribution in [-0.2, 0) is 4.79 Å². The first-order valence-corrected chi connectivity index (χ1v) is 5.93. The van der Waals surface area contributed by atoms with Crippen molar-refractivity contribution in [3.8, 4) is 0 Å². The van der Waals surface area contributed by atoms with Crippen LogP contribution in [0.5, 0.6) is 0 Å². The lowest BCUT2D eigenvalue weighted by Crippen LogP contribution is -2.32. The van der Waals surface area contributed by atoms with Crippen molar-refractivity contribution in [2.75, 3.05) is 34.2 Å². The molecule has 0 saturated carbocycles. The number of hydrogen-bond donors (Lipinski definition) is 1. The van der Waals surface area contributed by atoms with E-state index in [2.05, 4.69) is 4.90 Å². The molecule has 0 aliphatic carbocycles. The van der Waals surface area contributed by atoms with Crippen LogP contribution in [0.4, 0.5) is 0 Å². The molecule has 0 rings (SSSR count). The number of carbonyl (C=O) groups is 1. The van der Waals surface area contributed by atoms with Gasteiger partial charge in [0, 0.05) is 33.0 Å². The highest BCUT2D eigenvalue weighted by Crippen LogP contribution is 2.01. The van der Waals surface area contributed by atoms with Crippen molar-refractivity contribution in [2.45, 2.75) is 19.8 Å². The SMILES string of the molecule is CC(CN(C)CCCC(=O)N(C)C)C(N)=S. The first-order chi connectivity index (χ1) is 7.34. The van der Waals surface area contributed by atoms with Gasteiger partial charge in [0.05, 0.1) is 4.99 Å². The summed E-state index contributed by atoms with van der Waals surface area (Å²) in [6.07, 6.45) is 1.47. The summed E-state index contributed by atoms with van der Waals surface area (Å²) in [6.45, 7) is 3.77. The second-order valence-corrected chi connectivity index (χ2v) is 4.93. The summed E-state index contributed by atoms with van der Waals surface area (Å²) in [4.78, 5) is 15.7. The van der Waals surface area contributed by atoms with E-state index in [1.54, 1.807) is 19.0 Å². The molecule has 5 heteroatoms. The van der Waals surface area contributed by atoms with Gasteiger partial charge in [-0.15, -0.1) is 0 Å². The Hall–Kier alpha value is -0.680. The average Bonchev–Trinajstić information content (AvgIpc) is 2.16. The van der Waals surface area contributed by atoms with Crippen LogP contribution < -0.4 is 5.73 Å². The third kappa shape index (κ3) is 6.74. The summed E-state index contributed by atoms with van der Waals surface area (Å²) in [5.41, 5.74) is 5.54. The van der Waals surface area contributed by atoms with Crippen molar-refractivity contribution in [1.29, 1.82) is 0 Å². The van der Waals surface area contributed by atoms with Gasteiger partial charge >= 0.3 is 0 Å². The van der Waals surface area contributed by atoms with Gasteiger partial charge in [0.15, 0.2) is 0 Å². The highest BCUT2D eigenvalue weighted by atomic mass is 32.1. The maximum atomic E-state index is 11.3. The van der Waals surface area contributed by atoms with Crippen molar-refractivity contribution < 1.29 is 4.79 Å². The quantitative estimate of drug-likeness (QED) is 0.671. The van der Waals surface area contributed by atoms with E-state index in [0.29, 0.717) is 11.4 Å². The van der Waals surface area contributed by atoms with Crippen molar-refractivity contribution in [3.05, 3.63) is 0 Å². The summed E-state index contributed by atoms with van der Waals surface area (Å²) in [5.74, 6) is 0.403. The first-order valence-electron chi connectivity index (χ1n) is 5.52. The Labute approximate surface area is 104 Å². The highest BCUT2D eigenvalue weighted by molar-refractivity contribution is 7.80. The molecule has 4 nitrogen and oxygen atoms in total. The molecular weight excluding hydrogens is 222 g/mol. The molecule has 0 aliphatic rings. The second kappa shape index (κ2) is 7.57. The third-order valence-electron chi connectivity index (χ3n) is 2.50. The van der Waals surface area contributed by atoms with E-state index in [0.717, 1.165) is 19.5 Å². The predicted octanol–water partition coefficient (Wildman–Crippen LogP) is 0.709. The van der Waals surface area contributed by atoms with Crippen LogP contribution in [0.25, 0.3) is 0 Å². The molecule has 0 aromatic rings. The Morgan fingerprint density at radius 3 is 2.38 bits per heavy atom. The summed E-state index contributed by atoms with van der Waals surface area (Å²) in [6, 6.07) is 0. The number of nitrogens with two attached hydrogens (primary N) is 1. The van der Waals surface area contributed by atoms with Gasteiger partial charge in [-0.3, -0.25) is 4.79 Å². The van der Waals surface area contributed by atoms with E-state index in [9.17, 15) is 4.79 Å². The Morgan fingerprint density at radius 1 is 1.38 bits per heavy atom.